The zero-order valence-electron chi connectivity index (χ0n) is 5.46. The Kier molecular flexibility index (Phi) is 1.88. The summed E-state index contributed by atoms with van der Waals surface area (Å²) in [5.41, 5.74) is 0. The summed E-state index contributed by atoms with van der Waals surface area (Å²) in [7, 11) is 1.54. The molecule has 0 amide bonds. The lowest BCUT2D eigenvalue weighted by Crippen LogP contribution is -1.93. The molecule has 9 heavy (non-hydrogen) atoms. The Bertz CT molecular complexity index is 134. The molecule has 0 radical (unpaired) electrons. The second-order valence-corrected chi connectivity index (χ2v) is 2.22. The molecule has 1 aliphatic carbocycles. The van der Waals surface area contributed by atoms with Crippen molar-refractivity contribution in [1.29, 1.82) is 0 Å². The van der Waals surface area contributed by atoms with Crippen LogP contribution in [0, 0.1) is 5.92 Å². The van der Waals surface area contributed by atoms with E-state index in [4.69, 9.17) is 0 Å². The van der Waals surface area contributed by atoms with Crippen molar-refractivity contribution in [2.24, 2.45) is 5.92 Å². The summed E-state index contributed by atoms with van der Waals surface area (Å²) >= 11 is 0. The number of carbonyl (C=O) groups is 1. The van der Waals surface area contributed by atoms with E-state index in [1.54, 1.807) is 0 Å². The molecule has 1 fully saturated rings. The van der Waals surface area contributed by atoms with Crippen molar-refractivity contribution in [3.63, 3.8) is 0 Å². The Morgan fingerprint density at radius 3 is 2.78 bits per heavy atom. The summed E-state index contributed by atoms with van der Waals surface area (Å²) < 4.78 is 4.59. The molecule has 0 aromatic carbocycles. The second-order valence-electron chi connectivity index (χ2n) is 2.22. The van der Waals surface area contributed by atoms with Crippen LogP contribution in [-0.4, -0.2) is 12.9 Å². The van der Waals surface area contributed by atoms with Crippen LogP contribution in [0.3, 0.4) is 0 Å². The maximum absolute atomic E-state index is 10.8. The summed E-state index contributed by atoms with van der Waals surface area (Å²) in [4.78, 5) is 10.8. The van der Waals surface area contributed by atoms with E-state index in [9.17, 15) is 4.79 Å². The van der Waals surface area contributed by atoms with Crippen LogP contribution in [0.1, 0.15) is 12.8 Å². The van der Waals surface area contributed by atoms with Gasteiger partial charge in [-0.2, -0.15) is 0 Å². The topological polar surface area (TPSA) is 26.3 Å². The van der Waals surface area contributed by atoms with Gasteiger partial charge in [0.05, 0.1) is 13.4 Å². The summed E-state index contributed by atoms with van der Waals surface area (Å²) in [6, 6.07) is 0. The molecule has 0 aromatic rings. The van der Waals surface area contributed by atoms with E-state index >= 15 is 0 Å². The molecule has 0 aliphatic heterocycles. The first kappa shape index (κ1) is 6.33. The van der Waals surface area contributed by atoms with Gasteiger partial charge in [0.25, 0.3) is 0 Å². The van der Waals surface area contributed by atoms with E-state index in [1.165, 1.54) is 19.4 Å². The molecule has 50 valence electrons. The highest BCUT2D eigenvalue weighted by molar-refractivity contribution is 5.93. The highest BCUT2D eigenvalue weighted by Crippen LogP contribution is 2.29. The molecule has 0 aromatic heterocycles. The molecule has 0 atom stereocenters. The maximum Gasteiger partial charge on any atom is 0.161 e. The van der Waals surface area contributed by atoms with Gasteiger partial charge in [-0.05, 0) is 12.8 Å². The van der Waals surface area contributed by atoms with Crippen molar-refractivity contribution >= 4 is 5.78 Å². The molecule has 0 N–H and O–H groups in total. The first-order valence-corrected chi connectivity index (χ1v) is 3.08. The Labute approximate surface area is 54.5 Å². The molecule has 2 heteroatoms. The largest absolute Gasteiger partial charge is 0.504 e. The number of ether oxygens (including phenoxy) is 1. The highest BCUT2D eigenvalue weighted by Gasteiger charge is 2.27. The van der Waals surface area contributed by atoms with Gasteiger partial charge in [-0.15, -0.1) is 0 Å². The number of allylic oxidation sites excluding steroid dienone is 1. The van der Waals surface area contributed by atoms with Gasteiger partial charge in [-0.3, -0.25) is 4.79 Å². The van der Waals surface area contributed by atoms with Crippen molar-refractivity contribution in [2.45, 2.75) is 12.8 Å². The molecule has 1 saturated carbocycles. The SMILES string of the molecule is COC=CC(=O)C1CC1. The minimum Gasteiger partial charge on any atom is -0.504 e. The summed E-state index contributed by atoms with van der Waals surface area (Å²) in [5, 5.41) is 0. The lowest BCUT2D eigenvalue weighted by molar-refractivity contribution is -0.115. The van der Waals surface area contributed by atoms with Crippen LogP contribution in [-0.2, 0) is 9.53 Å². The molecule has 1 aliphatic rings. The number of rotatable bonds is 3. The van der Waals surface area contributed by atoms with Crippen LogP contribution in [0.2, 0.25) is 0 Å². The molecule has 0 spiro atoms. The van der Waals surface area contributed by atoms with Crippen molar-refractivity contribution in [2.75, 3.05) is 7.11 Å². The smallest absolute Gasteiger partial charge is 0.161 e. The van der Waals surface area contributed by atoms with E-state index in [2.05, 4.69) is 4.74 Å². The minimum absolute atomic E-state index is 0.205. The molecular weight excluding hydrogens is 116 g/mol. The average Bonchev–Trinajstić information content (AvgIpc) is 2.63. The van der Waals surface area contributed by atoms with E-state index in [0.29, 0.717) is 5.92 Å². The van der Waals surface area contributed by atoms with Gasteiger partial charge in [0, 0.05) is 12.0 Å². The average molecular weight is 126 g/mol. The van der Waals surface area contributed by atoms with Crippen LogP contribution in [0.25, 0.3) is 0 Å². The van der Waals surface area contributed by atoms with Crippen molar-refractivity contribution in [3.05, 3.63) is 12.3 Å². The second kappa shape index (κ2) is 2.67. The molecule has 0 bridgehead atoms. The van der Waals surface area contributed by atoms with Gasteiger partial charge in [-0.25, -0.2) is 0 Å². The van der Waals surface area contributed by atoms with Crippen LogP contribution >= 0.6 is 0 Å². The number of hydrogen-bond acceptors (Lipinski definition) is 2. The van der Waals surface area contributed by atoms with E-state index in [0.717, 1.165) is 12.8 Å². The van der Waals surface area contributed by atoms with Gasteiger partial charge in [-0.1, -0.05) is 0 Å². The molecule has 1 rings (SSSR count). The number of methoxy groups -OCH3 is 1. The molecule has 0 heterocycles. The molecule has 2 nitrogen and oxygen atoms in total. The Hall–Kier alpha value is -0.790. The Morgan fingerprint density at radius 2 is 2.33 bits per heavy atom. The summed E-state index contributed by atoms with van der Waals surface area (Å²) in [6.45, 7) is 0. The Balaban J connectivity index is 2.25. The molecular formula is C7H10O2. The van der Waals surface area contributed by atoms with Crippen LogP contribution in [0.15, 0.2) is 12.3 Å². The standard InChI is InChI=1S/C7H10O2/c1-9-5-4-7(8)6-2-3-6/h4-6H,2-3H2,1H3. The minimum atomic E-state index is 0.205. The van der Waals surface area contributed by atoms with Gasteiger partial charge in [0.2, 0.25) is 0 Å². The quantitative estimate of drug-likeness (QED) is 0.418. The fourth-order valence-electron chi connectivity index (χ4n) is 0.639. The van der Waals surface area contributed by atoms with E-state index in [-0.39, 0.29) is 5.78 Å². The summed E-state index contributed by atoms with van der Waals surface area (Å²) in [5.74, 6) is 0.522. The number of ketones is 1. The highest BCUT2D eigenvalue weighted by atomic mass is 16.5. The Morgan fingerprint density at radius 1 is 1.67 bits per heavy atom. The maximum atomic E-state index is 10.8. The molecule has 0 unspecified atom stereocenters. The zero-order chi connectivity index (χ0) is 6.69. The summed E-state index contributed by atoms with van der Waals surface area (Å²) in [6.07, 6.45) is 5.05. The third-order valence-corrected chi connectivity index (χ3v) is 1.35. The molecule has 0 saturated heterocycles. The van der Waals surface area contributed by atoms with Crippen LogP contribution in [0.4, 0.5) is 0 Å². The zero-order valence-corrected chi connectivity index (χ0v) is 5.46. The van der Waals surface area contributed by atoms with Crippen molar-refractivity contribution in [3.8, 4) is 0 Å². The fourth-order valence-corrected chi connectivity index (χ4v) is 0.639. The fraction of sp³-hybridized carbons (Fsp3) is 0.571. The van der Waals surface area contributed by atoms with E-state index < -0.39 is 0 Å². The lowest BCUT2D eigenvalue weighted by atomic mass is 10.3. The lowest BCUT2D eigenvalue weighted by Gasteiger charge is -1.85. The van der Waals surface area contributed by atoms with Gasteiger partial charge >= 0.3 is 0 Å². The first-order valence-electron chi connectivity index (χ1n) is 3.08. The predicted octanol–water partition coefficient (Wildman–Crippen LogP) is 1.13. The third-order valence-electron chi connectivity index (χ3n) is 1.35. The van der Waals surface area contributed by atoms with Gasteiger partial charge < -0.3 is 4.74 Å². The van der Waals surface area contributed by atoms with Crippen molar-refractivity contribution < 1.29 is 9.53 Å². The normalized spacial score (nSPS) is 18.3. The van der Waals surface area contributed by atoms with Crippen LogP contribution in [0.5, 0.6) is 0 Å². The van der Waals surface area contributed by atoms with Gasteiger partial charge in [0.15, 0.2) is 5.78 Å². The predicted molar refractivity (Wildman–Crippen MR) is 33.9 cm³/mol. The number of carbonyl (C=O) groups excluding carboxylic acids is 1. The monoisotopic (exact) mass is 126 g/mol. The third kappa shape index (κ3) is 1.88. The van der Waals surface area contributed by atoms with Crippen molar-refractivity contribution in [1.82, 2.24) is 0 Å². The van der Waals surface area contributed by atoms with E-state index in [1.807, 2.05) is 0 Å². The first-order chi connectivity index (χ1) is 4.34. The number of hydrogen-bond donors (Lipinski definition) is 0. The van der Waals surface area contributed by atoms with Gasteiger partial charge in [0.1, 0.15) is 0 Å². The van der Waals surface area contributed by atoms with Crippen LogP contribution < -0.4 is 0 Å².